The molecule has 0 aromatic rings. The maximum Gasteiger partial charge on any atom is 0.220 e. The summed E-state index contributed by atoms with van der Waals surface area (Å²) in [5.41, 5.74) is 0. The van der Waals surface area contributed by atoms with Crippen LogP contribution in [-0.4, -0.2) is 25.0 Å². The molecule has 2 saturated heterocycles. The lowest BCUT2D eigenvalue weighted by atomic mass is 9.94. The van der Waals surface area contributed by atoms with Crippen molar-refractivity contribution in [3.05, 3.63) is 0 Å². The van der Waals surface area contributed by atoms with Crippen LogP contribution in [0.2, 0.25) is 0 Å². The van der Waals surface area contributed by atoms with Gasteiger partial charge in [-0.3, -0.25) is 4.79 Å². The summed E-state index contributed by atoms with van der Waals surface area (Å²) in [7, 11) is 0. The fourth-order valence-electron chi connectivity index (χ4n) is 1.83. The SMILES string of the molecule is Cl.O=C1CC2CCNCC2N1. The molecule has 4 heteroatoms. The topological polar surface area (TPSA) is 41.1 Å². The van der Waals surface area contributed by atoms with Crippen molar-refractivity contribution in [2.45, 2.75) is 18.9 Å². The fraction of sp³-hybridized carbons (Fsp3) is 0.857. The van der Waals surface area contributed by atoms with Crippen LogP contribution in [0.4, 0.5) is 0 Å². The molecule has 0 radical (unpaired) electrons. The molecule has 0 aliphatic carbocycles. The first-order valence-corrected chi connectivity index (χ1v) is 3.86. The number of rotatable bonds is 0. The van der Waals surface area contributed by atoms with E-state index >= 15 is 0 Å². The summed E-state index contributed by atoms with van der Waals surface area (Å²) < 4.78 is 0. The minimum atomic E-state index is 0. The highest BCUT2D eigenvalue weighted by molar-refractivity contribution is 5.85. The molecule has 2 N–H and O–H groups in total. The third-order valence-corrected chi connectivity index (χ3v) is 2.42. The molecule has 2 atom stereocenters. The standard InChI is InChI=1S/C7H12N2O.ClH/c10-7-3-5-1-2-8-4-6(5)9-7;/h5-6,8H,1-4H2,(H,9,10);1H. The highest BCUT2D eigenvalue weighted by atomic mass is 35.5. The maximum absolute atomic E-state index is 10.9. The van der Waals surface area contributed by atoms with Crippen LogP contribution < -0.4 is 10.6 Å². The largest absolute Gasteiger partial charge is 0.352 e. The predicted octanol–water partition coefficient (Wildman–Crippen LogP) is -0.0938. The number of amides is 1. The summed E-state index contributed by atoms with van der Waals surface area (Å²) in [6.45, 7) is 2.05. The quantitative estimate of drug-likeness (QED) is 0.542. The first-order valence-electron chi connectivity index (χ1n) is 3.86. The molecule has 2 aliphatic rings. The Bertz CT molecular complexity index is 147. The summed E-state index contributed by atoms with van der Waals surface area (Å²) in [6.07, 6.45) is 1.91. The minimum Gasteiger partial charge on any atom is -0.352 e. The molecule has 2 fully saturated rings. The number of fused-ring (bicyclic) bond motifs is 1. The lowest BCUT2D eigenvalue weighted by Gasteiger charge is -2.24. The Morgan fingerprint density at radius 3 is 3.00 bits per heavy atom. The number of piperidine rings is 1. The first kappa shape index (κ1) is 8.81. The summed E-state index contributed by atoms with van der Waals surface area (Å²) in [5, 5.41) is 6.22. The number of hydrogen-bond donors (Lipinski definition) is 2. The molecule has 0 aromatic carbocycles. The molecule has 2 aliphatic heterocycles. The Labute approximate surface area is 72.3 Å². The molecule has 1 amide bonds. The molecular weight excluding hydrogens is 164 g/mol. The Hall–Kier alpha value is -0.280. The third-order valence-electron chi connectivity index (χ3n) is 2.42. The number of hydrogen-bond acceptors (Lipinski definition) is 2. The van der Waals surface area contributed by atoms with E-state index in [1.54, 1.807) is 0 Å². The summed E-state index contributed by atoms with van der Waals surface area (Å²) >= 11 is 0. The van der Waals surface area contributed by atoms with Crippen molar-refractivity contribution in [1.82, 2.24) is 10.6 Å². The van der Waals surface area contributed by atoms with Crippen LogP contribution in [0, 0.1) is 5.92 Å². The van der Waals surface area contributed by atoms with E-state index in [1.807, 2.05) is 0 Å². The van der Waals surface area contributed by atoms with Crippen LogP contribution >= 0.6 is 12.4 Å². The van der Waals surface area contributed by atoms with Crippen molar-refractivity contribution in [3.8, 4) is 0 Å². The van der Waals surface area contributed by atoms with Gasteiger partial charge < -0.3 is 10.6 Å². The zero-order valence-corrected chi connectivity index (χ0v) is 7.12. The second-order valence-corrected chi connectivity index (χ2v) is 3.13. The second kappa shape index (κ2) is 3.41. The van der Waals surface area contributed by atoms with Crippen molar-refractivity contribution in [2.24, 2.45) is 5.92 Å². The Morgan fingerprint density at radius 1 is 1.45 bits per heavy atom. The van der Waals surface area contributed by atoms with Gasteiger partial charge >= 0.3 is 0 Å². The van der Waals surface area contributed by atoms with E-state index in [1.165, 1.54) is 0 Å². The van der Waals surface area contributed by atoms with Gasteiger partial charge in [0, 0.05) is 19.0 Å². The predicted molar refractivity (Wildman–Crippen MR) is 44.8 cm³/mol. The second-order valence-electron chi connectivity index (χ2n) is 3.13. The van der Waals surface area contributed by atoms with Gasteiger partial charge in [-0.2, -0.15) is 0 Å². The van der Waals surface area contributed by atoms with Crippen molar-refractivity contribution < 1.29 is 4.79 Å². The van der Waals surface area contributed by atoms with Gasteiger partial charge in [-0.15, -0.1) is 12.4 Å². The molecule has 2 heterocycles. The van der Waals surface area contributed by atoms with E-state index < -0.39 is 0 Å². The Kier molecular flexibility index (Phi) is 2.73. The van der Waals surface area contributed by atoms with E-state index in [0.29, 0.717) is 12.0 Å². The van der Waals surface area contributed by atoms with Crippen LogP contribution in [-0.2, 0) is 4.79 Å². The van der Waals surface area contributed by atoms with Gasteiger partial charge in [-0.1, -0.05) is 0 Å². The molecule has 11 heavy (non-hydrogen) atoms. The van der Waals surface area contributed by atoms with Crippen molar-refractivity contribution in [2.75, 3.05) is 13.1 Å². The molecule has 0 saturated carbocycles. The van der Waals surface area contributed by atoms with E-state index in [9.17, 15) is 4.79 Å². The molecular formula is C7H13ClN2O. The fourth-order valence-corrected chi connectivity index (χ4v) is 1.83. The van der Waals surface area contributed by atoms with Crippen LogP contribution in [0.15, 0.2) is 0 Å². The van der Waals surface area contributed by atoms with Crippen molar-refractivity contribution >= 4 is 18.3 Å². The van der Waals surface area contributed by atoms with Gasteiger partial charge in [0.25, 0.3) is 0 Å². The molecule has 0 aromatic heterocycles. The number of carbonyl (C=O) groups is 1. The monoisotopic (exact) mass is 176 g/mol. The number of halogens is 1. The maximum atomic E-state index is 10.9. The van der Waals surface area contributed by atoms with E-state index in [4.69, 9.17) is 0 Å². The van der Waals surface area contributed by atoms with Gasteiger partial charge in [0.15, 0.2) is 0 Å². The lowest BCUT2D eigenvalue weighted by Crippen LogP contribution is -2.44. The van der Waals surface area contributed by atoms with Gasteiger partial charge in [-0.25, -0.2) is 0 Å². The Balaban J connectivity index is 0.000000605. The van der Waals surface area contributed by atoms with Crippen molar-refractivity contribution in [1.29, 1.82) is 0 Å². The molecule has 64 valence electrons. The highest BCUT2D eigenvalue weighted by Crippen LogP contribution is 2.21. The zero-order chi connectivity index (χ0) is 6.97. The first-order chi connectivity index (χ1) is 4.86. The van der Waals surface area contributed by atoms with Gasteiger partial charge in [0.2, 0.25) is 5.91 Å². The van der Waals surface area contributed by atoms with Crippen LogP contribution in [0.25, 0.3) is 0 Å². The van der Waals surface area contributed by atoms with Gasteiger partial charge in [0.05, 0.1) is 0 Å². The third kappa shape index (κ3) is 1.65. The Morgan fingerprint density at radius 2 is 2.27 bits per heavy atom. The smallest absolute Gasteiger partial charge is 0.220 e. The average Bonchev–Trinajstić information content (AvgIpc) is 2.27. The van der Waals surface area contributed by atoms with E-state index in [2.05, 4.69) is 10.6 Å². The summed E-state index contributed by atoms with van der Waals surface area (Å²) in [4.78, 5) is 10.9. The van der Waals surface area contributed by atoms with Crippen molar-refractivity contribution in [3.63, 3.8) is 0 Å². The molecule has 2 rings (SSSR count). The highest BCUT2D eigenvalue weighted by Gasteiger charge is 2.33. The molecule has 0 bridgehead atoms. The average molecular weight is 177 g/mol. The van der Waals surface area contributed by atoms with Gasteiger partial charge in [-0.05, 0) is 18.9 Å². The molecule has 3 nitrogen and oxygen atoms in total. The number of carbonyl (C=O) groups excluding carboxylic acids is 1. The lowest BCUT2D eigenvalue weighted by molar-refractivity contribution is -0.119. The normalized spacial score (nSPS) is 35.5. The molecule has 0 spiro atoms. The van der Waals surface area contributed by atoms with Gasteiger partial charge in [0.1, 0.15) is 0 Å². The minimum absolute atomic E-state index is 0. The number of nitrogens with one attached hydrogen (secondary N) is 2. The van der Waals surface area contributed by atoms with E-state index in [-0.39, 0.29) is 18.3 Å². The van der Waals surface area contributed by atoms with Crippen LogP contribution in [0.3, 0.4) is 0 Å². The van der Waals surface area contributed by atoms with Crippen LogP contribution in [0.1, 0.15) is 12.8 Å². The van der Waals surface area contributed by atoms with E-state index in [0.717, 1.165) is 25.9 Å². The summed E-state index contributed by atoms with van der Waals surface area (Å²) in [5.74, 6) is 0.854. The van der Waals surface area contributed by atoms with Crippen LogP contribution in [0.5, 0.6) is 0 Å². The summed E-state index contributed by atoms with van der Waals surface area (Å²) in [6, 6.07) is 0.432. The zero-order valence-electron chi connectivity index (χ0n) is 6.30. The molecule has 2 unspecified atom stereocenters.